The number of carbonyl (C=O) groups is 2. The Balaban J connectivity index is 2.13. The maximum Gasteiger partial charge on any atom is 0.418 e. The Morgan fingerprint density at radius 2 is 2.22 bits per heavy atom. The quantitative estimate of drug-likeness (QED) is 0.865. The number of anilines is 1. The molecule has 1 N–H and O–H groups in total. The summed E-state index contributed by atoms with van der Waals surface area (Å²) < 4.78 is 6.59. The van der Waals surface area contributed by atoms with Gasteiger partial charge in [-0.15, -0.1) is 0 Å². The predicted octanol–water partition coefficient (Wildman–Crippen LogP) is 3.00. The number of hydrogen-bond acceptors (Lipinski definition) is 4. The van der Waals surface area contributed by atoms with Crippen LogP contribution in [0.4, 0.5) is 10.5 Å². The zero-order valence-corrected chi connectivity index (χ0v) is 13.2. The Bertz CT molecular complexity index is 834. The Morgan fingerprint density at radius 3 is 2.96 bits per heavy atom. The van der Waals surface area contributed by atoms with E-state index in [4.69, 9.17) is 4.74 Å². The second-order valence-electron chi connectivity index (χ2n) is 5.32. The number of pyridine rings is 1. The van der Waals surface area contributed by atoms with E-state index in [9.17, 15) is 9.59 Å². The van der Waals surface area contributed by atoms with Crippen LogP contribution >= 0.6 is 0 Å². The summed E-state index contributed by atoms with van der Waals surface area (Å²) in [6.45, 7) is 5.78. The highest BCUT2D eigenvalue weighted by Crippen LogP contribution is 2.33. The van der Waals surface area contributed by atoms with Crippen molar-refractivity contribution in [2.24, 2.45) is 0 Å². The van der Waals surface area contributed by atoms with E-state index in [2.05, 4.69) is 10.3 Å². The summed E-state index contributed by atoms with van der Waals surface area (Å²) in [7, 11) is 0. The molecule has 2 aromatic rings. The number of aromatic nitrogens is 2. The van der Waals surface area contributed by atoms with Gasteiger partial charge in [0.1, 0.15) is 0 Å². The molecule has 2 aromatic heterocycles. The van der Waals surface area contributed by atoms with Gasteiger partial charge >= 0.3 is 6.09 Å². The smallest absolute Gasteiger partial charge is 0.418 e. The first-order valence-electron chi connectivity index (χ1n) is 7.36. The lowest BCUT2D eigenvalue weighted by molar-refractivity contribution is -0.110. The molecule has 6 nitrogen and oxygen atoms in total. The van der Waals surface area contributed by atoms with Gasteiger partial charge in [-0.1, -0.05) is 0 Å². The maximum absolute atomic E-state index is 12.2. The van der Waals surface area contributed by atoms with Gasteiger partial charge in [0.05, 0.1) is 29.8 Å². The van der Waals surface area contributed by atoms with E-state index in [-0.39, 0.29) is 5.91 Å². The standard InChI is InChI=1S/C17H17N3O3/c1-4-23-17(22)20-11(3)7-10(2)15(20)8-13-12-5-6-18-9-14(12)19-16(13)21/h5-9H,4H2,1-3H3,(H,19,21). The van der Waals surface area contributed by atoms with Crippen LogP contribution in [0.3, 0.4) is 0 Å². The molecule has 0 fully saturated rings. The van der Waals surface area contributed by atoms with Crippen molar-refractivity contribution in [2.45, 2.75) is 20.8 Å². The summed E-state index contributed by atoms with van der Waals surface area (Å²) in [5, 5.41) is 2.77. The zero-order chi connectivity index (χ0) is 16.6. The van der Waals surface area contributed by atoms with Crippen molar-refractivity contribution < 1.29 is 14.3 Å². The Hall–Kier alpha value is -2.89. The van der Waals surface area contributed by atoms with Crippen LogP contribution in [0.25, 0.3) is 11.6 Å². The van der Waals surface area contributed by atoms with Crippen LogP contribution in [0.1, 0.15) is 29.4 Å². The van der Waals surface area contributed by atoms with E-state index < -0.39 is 6.09 Å². The van der Waals surface area contributed by atoms with Crippen molar-refractivity contribution in [1.29, 1.82) is 0 Å². The van der Waals surface area contributed by atoms with Crippen LogP contribution in [-0.4, -0.2) is 28.2 Å². The SMILES string of the molecule is CCOC(=O)n1c(C)cc(C)c1C=C1C(=O)Nc2cnccc21. The first-order valence-corrected chi connectivity index (χ1v) is 7.36. The van der Waals surface area contributed by atoms with Gasteiger partial charge in [0.2, 0.25) is 0 Å². The molecule has 0 bridgehead atoms. The molecule has 23 heavy (non-hydrogen) atoms. The first-order chi connectivity index (χ1) is 11.0. The zero-order valence-electron chi connectivity index (χ0n) is 13.2. The molecule has 0 aliphatic carbocycles. The molecular formula is C17H17N3O3. The fraction of sp³-hybridized carbons (Fsp3) is 0.235. The lowest BCUT2D eigenvalue weighted by atomic mass is 10.1. The number of aryl methyl sites for hydroxylation is 2. The molecule has 118 valence electrons. The molecule has 1 aliphatic rings. The molecule has 0 radical (unpaired) electrons. The van der Waals surface area contributed by atoms with Crippen molar-refractivity contribution in [3.8, 4) is 0 Å². The minimum Gasteiger partial charge on any atom is -0.449 e. The second kappa shape index (κ2) is 5.72. The minimum absolute atomic E-state index is 0.207. The van der Waals surface area contributed by atoms with Gasteiger partial charge in [-0.2, -0.15) is 0 Å². The molecule has 1 aliphatic heterocycles. The van der Waals surface area contributed by atoms with Crippen LogP contribution in [0.15, 0.2) is 24.5 Å². The van der Waals surface area contributed by atoms with Crippen LogP contribution in [0.2, 0.25) is 0 Å². The maximum atomic E-state index is 12.2. The fourth-order valence-electron chi connectivity index (χ4n) is 2.75. The third-order valence-corrected chi connectivity index (χ3v) is 3.76. The van der Waals surface area contributed by atoms with Crippen LogP contribution < -0.4 is 5.32 Å². The highest BCUT2D eigenvalue weighted by Gasteiger charge is 2.25. The molecule has 0 aromatic carbocycles. The van der Waals surface area contributed by atoms with E-state index in [1.54, 1.807) is 31.5 Å². The molecule has 0 saturated carbocycles. The van der Waals surface area contributed by atoms with Gasteiger partial charge in [0.15, 0.2) is 0 Å². The Morgan fingerprint density at radius 1 is 1.43 bits per heavy atom. The average molecular weight is 311 g/mol. The third kappa shape index (κ3) is 2.52. The largest absolute Gasteiger partial charge is 0.449 e. The molecule has 3 heterocycles. The molecule has 0 atom stereocenters. The van der Waals surface area contributed by atoms with Crippen LogP contribution in [0, 0.1) is 13.8 Å². The van der Waals surface area contributed by atoms with Gasteiger partial charge in [-0.3, -0.25) is 14.3 Å². The average Bonchev–Trinajstić information content (AvgIpc) is 2.97. The summed E-state index contributed by atoms with van der Waals surface area (Å²) in [6.07, 6.45) is 4.52. The van der Waals surface area contributed by atoms with E-state index in [1.165, 1.54) is 4.57 Å². The van der Waals surface area contributed by atoms with E-state index >= 15 is 0 Å². The molecule has 0 unspecified atom stereocenters. The number of nitrogens with zero attached hydrogens (tertiary/aromatic N) is 2. The third-order valence-electron chi connectivity index (χ3n) is 3.76. The first kappa shape index (κ1) is 15.0. The van der Waals surface area contributed by atoms with E-state index in [1.807, 2.05) is 19.9 Å². The van der Waals surface area contributed by atoms with E-state index in [0.29, 0.717) is 23.6 Å². The summed E-state index contributed by atoms with van der Waals surface area (Å²) in [5.41, 5.74) is 4.27. The summed E-state index contributed by atoms with van der Waals surface area (Å²) in [6, 6.07) is 3.67. The van der Waals surface area contributed by atoms with Gasteiger partial charge in [0.25, 0.3) is 5.91 Å². The fourth-order valence-corrected chi connectivity index (χ4v) is 2.75. The number of rotatable bonds is 2. The van der Waals surface area contributed by atoms with Crippen molar-refractivity contribution in [1.82, 2.24) is 9.55 Å². The van der Waals surface area contributed by atoms with Crippen LogP contribution in [-0.2, 0) is 9.53 Å². The summed E-state index contributed by atoms with van der Waals surface area (Å²) in [4.78, 5) is 28.4. The van der Waals surface area contributed by atoms with Crippen LogP contribution in [0.5, 0.6) is 0 Å². The van der Waals surface area contributed by atoms with Crippen molar-refractivity contribution in [2.75, 3.05) is 11.9 Å². The molecular weight excluding hydrogens is 294 g/mol. The topological polar surface area (TPSA) is 73.2 Å². The van der Waals surface area contributed by atoms with Crippen molar-refractivity contribution in [3.05, 3.63) is 47.0 Å². The number of fused-ring (bicyclic) bond motifs is 1. The van der Waals surface area contributed by atoms with Gasteiger partial charge in [-0.05, 0) is 44.5 Å². The lowest BCUT2D eigenvalue weighted by Crippen LogP contribution is -2.16. The number of nitrogens with one attached hydrogen (secondary N) is 1. The number of ether oxygens (including phenoxy) is 1. The van der Waals surface area contributed by atoms with E-state index in [0.717, 1.165) is 16.8 Å². The number of carbonyl (C=O) groups excluding carboxylic acids is 2. The minimum atomic E-state index is -0.446. The van der Waals surface area contributed by atoms with Gasteiger partial charge < -0.3 is 10.1 Å². The Kier molecular flexibility index (Phi) is 3.73. The highest BCUT2D eigenvalue weighted by molar-refractivity contribution is 6.34. The molecule has 1 amide bonds. The summed E-state index contributed by atoms with van der Waals surface area (Å²) in [5.74, 6) is -0.207. The van der Waals surface area contributed by atoms with Gasteiger partial charge in [0, 0.05) is 17.5 Å². The molecule has 3 rings (SSSR count). The highest BCUT2D eigenvalue weighted by atomic mass is 16.5. The lowest BCUT2D eigenvalue weighted by Gasteiger charge is -2.09. The molecule has 0 saturated heterocycles. The molecule has 6 heteroatoms. The predicted molar refractivity (Wildman–Crippen MR) is 87.1 cm³/mol. The van der Waals surface area contributed by atoms with Gasteiger partial charge in [-0.25, -0.2) is 4.79 Å². The molecule has 0 spiro atoms. The van der Waals surface area contributed by atoms with Crippen molar-refractivity contribution >= 4 is 29.3 Å². The number of hydrogen-bond donors (Lipinski definition) is 1. The number of amides is 1. The normalized spacial score (nSPS) is 14.7. The van der Waals surface area contributed by atoms with Crippen molar-refractivity contribution in [3.63, 3.8) is 0 Å². The summed E-state index contributed by atoms with van der Waals surface area (Å²) >= 11 is 0. The monoisotopic (exact) mass is 311 g/mol. The Labute approximate surface area is 133 Å². The second-order valence-corrected chi connectivity index (χ2v) is 5.32.